The number of rotatable bonds is 6. The molecular formula is C29H30F3N5O3. The fourth-order valence-electron chi connectivity index (χ4n) is 5.22. The summed E-state index contributed by atoms with van der Waals surface area (Å²) in [6, 6.07) is 8.92. The lowest BCUT2D eigenvalue weighted by molar-refractivity contribution is -0.137. The highest BCUT2D eigenvalue weighted by Gasteiger charge is 2.34. The van der Waals surface area contributed by atoms with Gasteiger partial charge in [-0.3, -0.25) is 9.69 Å². The van der Waals surface area contributed by atoms with Gasteiger partial charge in [0.05, 0.1) is 16.9 Å². The number of hydrogen-bond acceptors (Lipinski definition) is 4. The van der Waals surface area contributed by atoms with Gasteiger partial charge in [0, 0.05) is 36.1 Å². The molecule has 11 heteroatoms. The molecule has 0 saturated heterocycles. The third-order valence-corrected chi connectivity index (χ3v) is 7.48. The summed E-state index contributed by atoms with van der Waals surface area (Å²) in [4.78, 5) is 31.6. The maximum absolute atomic E-state index is 13.5. The number of halogens is 3. The van der Waals surface area contributed by atoms with E-state index in [-0.39, 0.29) is 29.2 Å². The van der Waals surface area contributed by atoms with Gasteiger partial charge in [-0.05, 0) is 69.7 Å². The smallest absolute Gasteiger partial charge is 0.417 e. The molecule has 5 rings (SSSR count). The molecule has 1 aliphatic carbocycles. The Kier molecular flexibility index (Phi) is 7.16. The van der Waals surface area contributed by atoms with E-state index in [0.29, 0.717) is 28.5 Å². The highest BCUT2D eigenvalue weighted by atomic mass is 19.4. The average Bonchev–Trinajstić information content (AvgIpc) is 3.53. The molecule has 8 nitrogen and oxygen atoms in total. The number of nitrogens with zero attached hydrogens (tertiary/aromatic N) is 5. The monoisotopic (exact) mass is 553 g/mol. The zero-order valence-electron chi connectivity index (χ0n) is 22.4. The molecule has 3 aromatic heterocycles. The maximum Gasteiger partial charge on any atom is 0.417 e. The van der Waals surface area contributed by atoms with Crippen molar-refractivity contribution >= 4 is 23.3 Å². The molecule has 0 radical (unpaired) electrons. The number of benzene rings is 1. The van der Waals surface area contributed by atoms with Gasteiger partial charge in [-0.25, -0.2) is 14.5 Å². The molecule has 0 atom stereocenters. The number of fused-ring (bicyclic) bond motifs is 1. The van der Waals surface area contributed by atoms with Crippen molar-refractivity contribution in [3.8, 4) is 16.9 Å². The zero-order valence-corrected chi connectivity index (χ0v) is 22.4. The van der Waals surface area contributed by atoms with Crippen LogP contribution in [0.15, 0.2) is 55.0 Å². The van der Waals surface area contributed by atoms with Crippen molar-refractivity contribution in [1.29, 1.82) is 0 Å². The summed E-state index contributed by atoms with van der Waals surface area (Å²) >= 11 is 0. The predicted molar refractivity (Wildman–Crippen MR) is 143 cm³/mol. The van der Waals surface area contributed by atoms with Crippen LogP contribution in [-0.4, -0.2) is 42.2 Å². The quantitative estimate of drug-likeness (QED) is 0.295. The number of hydrogen-bond donors (Lipinski definition) is 1. The Hall–Kier alpha value is -4.15. The van der Waals surface area contributed by atoms with E-state index in [1.165, 1.54) is 32.4 Å². The summed E-state index contributed by atoms with van der Waals surface area (Å²) in [7, 11) is 0. The van der Waals surface area contributed by atoms with Gasteiger partial charge < -0.3 is 9.51 Å². The van der Waals surface area contributed by atoms with Gasteiger partial charge >= 0.3 is 12.1 Å². The number of aromatic nitrogens is 4. The van der Waals surface area contributed by atoms with Gasteiger partial charge in [-0.2, -0.15) is 13.2 Å². The van der Waals surface area contributed by atoms with Crippen LogP contribution in [0, 0.1) is 11.8 Å². The molecule has 0 aliphatic heterocycles. The van der Waals surface area contributed by atoms with Crippen LogP contribution in [0.2, 0.25) is 0 Å². The fraction of sp³-hybridized carbons (Fsp3) is 0.379. The number of aromatic carboxylic acids is 1. The first-order valence-corrected chi connectivity index (χ1v) is 13.2. The summed E-state index contributed by atoms with van der Waals surface area (Å²) in [6.45, 7) is 5.86. The van der Waals surface area contributed by atoms with Gasteiger partial charge in [-0.15, -0.1) is 5.10 Å². The van der Waals surface area contributed by atoms with Gasteiger partial charge in [-0.1, -0.05) is 19.1 Å². The Morgan fingerprint density at radius 1 is 1.00 bits per heavy atom. The van der Waals surface area contributed by atoms with E-state index < -0.39 is 17.7 Å². The second kappa shape index (κ2) is 10.4. The number of pyridine rings is 1. The van der Waals surface area contributed by atoms with E-state index in [1.54, 1.807) is 24.3 Å². The molecule has 1 amide bonds. The first-order valence-electron chi connectivity index (χ1n) is 13.2. The molecule has 0 bridgehead atoms. The van der Waals surface area contributed by atoms with Crippen LogP contribution in [0.1, 0.15) is 62.4 Å². The Balaban J connectivity index is 1.44. The highest BCUT2D eigenvalue weighted by Crippen LogP contribution is 2.33. The third kappa shape index (κ3) is 5.32. The third-order valence-electron chi connectivity index (χ3n) is 7.48. The normalized spacial score (nSPS) is 17.9. The topological polar surface area (TPSA) is 92.7 Å². The van der Waals surface area contributed by atoms with E-state index >= 15 is 0 Å². The van der Waals surface area contributed by atoms with Crippen molar-refractivity contribution in [2.75, 3.05) is 4.90 Å². The summed E-state index contributed by atoms with van der Waals surface area (Å²) < 4.78 is 42.0. The standard InChI is InChI=1S/C29H30F3N5O3/c1-17(2)37(27(38)20-6-4-18(3)5-7-20)26-23(28(39)40)15-36(34-26)22-11-8-19(9-12-22)24-16-35-14-21(29(30,31)32)10-13-25(35)33-24/h8-18,20H,4-7H2,1-3H3,(H,39,40). The van der Waals surface area contributed by atoms with Crippen LogP contribution in [0.5, 0.6) is 0 Å². The molecule has 1 saturated carbocycles. The first-order chi connectivity index (χ1) is 18.9. The largest absolute Gasteiger partial charge is 0.477 e. The molecular weight excluding hydrogens is 523 g/mol. The van der Waals surface area contributed by atoms with Crippen molar-refractivity contribution < 1.29 is 27.9 Å². The van der Waals surface area contributed by atoms with Gasteiger partial charge in [0.1, 0.15) is 11.2 Å². The summed E-state index contributed by atoms with van der Waals surface area (Å²) in [6.07, 6.45) is 2.92. The predicted octanol–water partition coefficient (Wildman–Crippen LogP) is 6.47. The molecule has 4 aromatic rings. The van der Waals surface area contributed by atoms with Crippen LogP contribution < -0.4 is 4.90 Å². The highest BCUT2D eigenvalue weighted by molar-refractivity contribution is 6.01. The number of carboxylic acids is 1. The van der Waals surface area contributed by atoms with E-state index in [4.69, 9.17) is 0 Å². The number of carboxylic acid groups (broad SMARTS) is 1. The van der Waals surface area contributed by atoms with Crippen molar-refractivity contribution in [3.05, 3.63) is 66.1 Å². The van der Waals surface area contributed by atoms with Crippen molar-refractivity contribution in [1.82, 2.24) is 19.2 Å². The van der Waals surface area contributed by atoms with Gasteiger partial charge in [0.15, 0.2) is 5.82 Å². The number of alkyl halides is 3. The Labute approximate surface area is 229 Å². The van der Waals surface area contributed by atoms with Gasteiger partial charge in [0.25, 0.3) is 0 Å². The molecule has 1 fully saturated rings. The summed E-state index contributed by atoms with van der Waals surface area (Å²) in [5.41, 5.74) is 1.24. The number of anilines is 1. The van der Waals surface area contributed by atoms with Crippen molar-refractivity contribution in [3.63, 3.8) is 0 Å². The minimum absolute atomic E-state index is 0.0730. The molecule has 1 aliphatic rings. The molecule has 1 N–H and O–H groups in total. The molecule has 1 aromatic carbocycles. The molecule has 0 spiro atoms. The summed E-state index contributed by atoms with van der Waals surface area (Å²) in [5.74, 6) is -0.772. The van der Waals surface area contributed by atoms with Crippen LogP contribution in [0.4, 0.5) is 19.0 Å². The lowest BCUT2D eigenvalue weighted by atomic mass is 9.82. The average molecular weight is 554 g/mol. The minimum Gasteiger partial charge on any atom is -0.477 e. The van der Waals surface area contributed by atoms with Crippen LogP contribution in [-0.2, 0) is 11.0 Å². The lowest BCUT2D eigenvalue weighted by Crippen LogP contribution is -2.43. The lowest BCUT2D eigenvalue weighted by Gasteiger charge is -2.32. The summed E-state index contributed by atoms with van der Waals surface area (Å²) in [5, 5.41) is 14.5. The Morgan fingerprint density at radius 2 is 1.68 bits per heavy atom. The second-order valence-electron chi connectivity index (χ2n) is 10.7. The molecule has 0 unspecified atom stereocenters. The minimum atomic E-state index is -4.46. The zero-order chi connectivity index (χ0) is 28.8. The number of carbonyl (C=O) groups is 2. The maximum atomic E-state index is 13.5. The fourth-order valence-corrected chi connectivity index (χ4v) is 5.22. The SMILES string of the molecule is CC1CCC(C(=O)N(c2nn(-c3ccc(-c4cn5cc(C(F)(F)F)ccc5n4)cc3)cc2C(=O)O)C(C)C)CC1. The molecule has 3 heterocycles. The Morgan fingerprint density at radius 3 is 2.27 bits per heavy atom. The Bertz CT molecular complexity index is 1550. The second-order valence-corrected chi connectivity index (χ2v) is 10.7. The molecule has 210 valence electrons. The van der Waals surface area contributed by atoms with Crippen molar-refractivity contribution in [2.45, 2.75) is 58.7 Å². The number of carbonyl (C=O) groups excluding carboxylic acids is 1. The van der Waals surface area contributed by atoms with Crippen LogP contribution >= 0.6 is 0 Å². The van der Waals surface area contributed by atoms with Gasteiger partial charge in [0.2, 0.25) is 5.91 Å². The number of imidazole rings is 1. The van der Waals surface area contributed by atoms with Crippen LogP contribution in [0.25, 0.3) is 22.6 Å². The van der Waals surface area contributed by atoms with Crippen LogP contribution in [0.3, 0.4) is 0 Å². The number of amides is 1. The molecule has 40 heavy (non-hydrogen) atoms. The van der Waals surface area contributed by atoms with E-state index in [2.05, 4.69) is 17.0 Å². The van der Waals surface area contributed by atoms with E-state index in [0.717, 1.165) is 37.9 Å². The van der Waals surface area contributed by atoms with Crippen molar-refractivity contribution in [2.24, 2.45) is 11.8 Å². The van der Waals surface area contributed by atoms with E-state index in [9.17, 15) is 27.9 Å². The van der Waals surface area contributed by atoms with E-state index in [1.807, 2.05) is 13.8 Å². The first kappa shape index (κ1) is 27.4.